The fourth-order valence-electron chi connectivity index (χ4n) is 3.06. The van der Waals surface area contributed by atoms with Gasteiger partial charge in [0.2, 0.25) is 0 Å². The summed E-state index contributed by atoms with van der Waals surface area (Å²) in [7, 11) is 0. The fraction of sp³-hybridized carbons (Fsp3) is 0.375. The molecule has 0 radical (unpaired) electrons. The van der Waals surface area contributed by atoms with E-state index in [-0.39, 0.29) is 18.2 Å². The maximum Gasteiger partial charge on any atom is 0.336 e. The van der Waals surface area contributed by atoms with E-state index in [2.05, 4.69) is 16.8 Å². The van der Waals surface area contributed by atoms with Gasteiger partial charge in [-0.05, 0) is 36.6 Å². The average molecular weight is 286 g/mol. The number of aromatic nitrogens is 1. The first-order valence-electron chi connectivity index (χ1n) is 7.12. The Morgan fingerprint density at radius 1 is 1.38 bits per heavy atom. The minimum absolute atomic E-state index is 0.0811. The lowest BCUT2D eigenvalue weighted by Crippen LogP contribution is -2.35. The van der Waals surface area contributed by atoms with E-state index < -0.39 is 5.97 Å². The Kier molecular flexibility index (Phi) is 3.51. The molecule has 1 aliphatic heterocycles. The molecule has 1 fully saturated rings. The van der Waals surface area contributed by atoms with Crippen molar-refractivity contribution in [2.45, 2.75) is 19.4 Å². The van der Waals surface area contributed by atoms with Crippen molar-refractivity contribution in [1.29, 1.82) is 0 Å². The van der Waals surface area contributed by atoms with Crippen LogP contribution in [0.3, 0.4) is 0 Å². The lowest BCUT2D eigenvalue weighted by Gasteiger charge is -2.26. The van der Waals surface area contributed by atoms with Gasteiger partial charge in [0.25, 0.3) is 0 Å². The molecule has 0 spiro atoms. The van der Waals surface area contributed by atoms with Crippen LogP contribution in [0.1, 0.15) is 23.7 Å². The second kappa shape index (κ2) is 5.33. The second-order valence-corrected chi connectivity index (χ2v) is 5.56. The number of aromatic carboxylic acids is 1. The standard InChI is InChI=1S/C16H18N2O3/c1-10-7-8-18(14(10)9-19)15-6-5-11-12(16(20)21)3-2-4-13(11)17-15/h2-6,10,14,19H,7-9H2,1H3,(H,20,21). The Morgan fingerprint density at radius 2 is 2.19 bits per heavy atom. The second-order valence-electron chi connectivity index (χ2n) is 5.56. The lowest BCUT2D eigenvalue weighted by molar-refractivity contribution is 0.0699. The highest BCUT2D eigenvalue weighted by molar-refractivity contribution is 6.02. The third kappa shape index (κ3) is 2.34. The molecule has 3 rings (SSSR count). The monoisotopic (exact) mass is 286 g/mol. The summed E-state index contributed by atoms with van der Waals surface area (Å²) in [6, 6.07) is 8.84. The van der Waals surface area contributed by atoms with Crippen molar-refractivity contribution >= 4 is 22.7 Å². The molecule has 1 saturated heterocycles. The number of carboxylic acid groups (broad SMARTS) is 1. The van der Waals surface area contributed by atoms with Crippen molar-refractivity contribution in [2.75, 3.05) is 18.1 Å². The van der Waals surface area contributed by atoms with Crippen LogP contribution in [-0.4, -0.2) is 40.4 Å². The molecule has 0 amide bonds. The smallest absolute Gasteiger partial charge is 0.336 e. The van der Waals surface area contributed by atoms with E-state index in [0.29, 0.717) is 16.8 Å². The zero-order valence-electron chi connectivity index (χ0n) is 11.9. The summed E-state index contributed by atoms with van der Waals surface area (Å²) in [5.41, 5.74) is 0.934. The number of rotatable bonds is 3. The van der Waals surface area contributed by atoms with Gasteiger partial charge in [-0.15, -0.1) is 0 Å². The van der Waals surface area contributed by atoms with Gasteiger partial charge in [-0.1, -0.05) is 13.0 Å². The average Bonchev–Trinajstić information content (AvgIpc) is 2.86. The number of carbonyl (C=O) groups is 1. The summed E-state index contributed by atoms with van der Waals surface area (Å²) in [6.45, 7) is 3.10. The Bertz CT molecular complexity index is 686. The minimum atomic E-state index is -0.946. The first kappa shape index (κ1) is 13.8. The molecular weight excluding hydrogens is 268 g/mol. The summed E-state index contributed by atoms with van der Waals surface area (Å²) in [5.74, 6) is 0.282. The van der Waals surface area contributed by atoms with Crippen molar-refractivity contribution in [2.24, 2.45) is 5.92 Å². The van der Waals surface area contributed by atoms with Crippen LogP contribution in [0, 0.1) is 5.92 Å². The van der Waals surface area contributed by atoms with Crippen LogP contribution in [0.4, 0.5) is 5.82 Å². The SMILES string of the molecule is CC1CCN(c2ccc3c(C(=O)O)cccc3n2)C1CO. The number of nitrogens with zero attached hydrogens (tertiary/aromatic N) is 2. The quantitative estimate of drug-likeness (QED) is 0.904. The number of fused-ring (bicyclic) bond motifs is 1. The van der Waals surface area contributed by atoms with Gasteiger partial charge in [0, 0.05) is 11.9 Å². The number of hydrogen-bond acceptors (Lipinski definition) is 4. The molecule has 0 saturated carbocycles. The molecule has 5 nitrogen and oxygen atoms in total. The molecule has 21 heavy (non-hydrogen) atoms. The maximum atomic E-state index is 11.2. The normalized spacial score (nSPS) is 21.9. The highest BCUT2D eigenvalue weighted by Crippen LogP contribution is 2.30. The van der Waals surface area contributed by atoms with Crippen molar-refractivity contribution in [3.05, 3.63) is 35.9 Å². The Labute approximate surface area is 122 Å². The number of anilines is 1. The minimum Gasteiger partial charge on any atom is -0.478 e. The van der Waals surface area contributed by atoms with E-state index in [1.54, 1.807) is 18.2 Å². The third-order valence-electron chi connectivity index (χ3n) is 4.31. The maximum absolute atomic E-state index is 11.2. The highest BCUT2D eigenvalue weighted by atomic mass is 16.4. The van der Waals surface area contributed by atoms with Gasteiger partial charge in [-0.25, -0.2) is 9.78 Å². The first-order valence-corrected chi connectivity index (χ1v) is 7.12. The fourth-order valence-corrected chi connectivity index (χ4v) is 3.06. The van der Waals surface area contributed by atoms with Crippen molar-refractivity contribution in [3.63, 3.8) is 0 Å². The topological polar surface area (TPSA) is 73.7 Å². The Hall–Kier alpha value is -2.14. The van der Waals surface area contributed by atoms with Gasteiger partial charge in [0.05, 0.1) is 23.7 Å². The van der Waals surface area contributed by atoms with Gasteiger partial charge >= 0.3 is 5.97 Å². The molecule has 2 unspecified atom stereocenters. The summed E-state index contributed by atoms with van der Waals surface area (Å²) >= 11 is 0. The summed E-state index contributed by atoms with van der Waals surface area (Å²) in [5, 5.41) is 19.4. The number of aliphatic hydroxyl groups is 1. The van der Waals surface area contributed by atoms with E-state index in [4.69, 9.17) is 0 Å². The van der Waals surface area contributed by atoms with Crippen LogP contribution in [0.15, 0.2) is 30.3 Å². The number of aliphatic hydroxyl groups excluding tert-OH is 1. The van der Waals surface area contributed by atoms with E-state index >= 15 is 0 Å². The van der Waals surface area contributed by atoms with E-state index in [0.717, 1.165) is 18.8 Å². The number of carboxylic acids is 1. The van der Waals surface area contributed by atoms with Crippen LogP contribution >= 0.6 is 0 Å². The van der Waals surface area contributed by atoms with Crippen LogP contribution in [0.25, 0.3) is 10.9 Å². The zero-order chi connectivity index (χ0) is 15.0. The van der Waals surface area contributed by atoms with Crippen molar-refractivity contribution < 1.29 is 15.0 Å². The number of hydrogen-bond donors (Lipinski definition) is 2. The predicted molar refractivity (Wildman–Crippen MR) is 80.7 cm³/mol. The molecule has 0 aliphatic carbocycles. The van der Waals surface area contributed by atoms with Crippen molar-refractivity contribution in [1.82, 2.24) is 4.98 Å². The van der Waals surface area contributed by atoms with Crippen LogP contribution in [0.2, 0.25) is 0 Å². The third-order valence-corrected chi connectivity index (χ3v) is 4.31. The Balaban J connectivity index is 2.04. The largest absolute Gasteiger partial charge is 0.478 e. The molecule has 2 N–H and O–H groups in total. The lowest BCUT2D eigenvalue weighted by atomic mass is 10.0. The molecule has 1 aromatic carbocycles. The predicted octanol–water partition coefficient (Wildman–Crippen LogP) is 2.14. The summed E-state index contributed by atoms with van der Waals surface area (Å²) < 4.78 is 0. The highest BCUT2D eigenvalue weighted by Gasteiger charge is 2.31. The zero-order valence-corrected chi connectivity index (χ0v) is 11.9. The van der Waals surface area contributed by atoms with E-state index in [1.807, 2.05) is 12.1 Å². The van der Waals surface area contributed by atoms with Crippen LogP contribution in [-0.2, 0) is 0 Å². The summed E-state index contributed by atoms with van der Waals surface area (Å²) in [4.78, 5) is 17.9. The van der Waals surface area contributed by atoms with Crippen molar-refractivity contribution in [3.8, 4) is 0 Å². The van der Waals surface area contributed by atoms with E-state index in [1.165, 1.54) is 0 Å². The molecule has 1 aromatic heterocycles. The van der Waals surface area contributed by atoms with Gasteiger partial charge in [0.1, 0.15) is 5.82 Å². The molecule has 0 bridgehead atoms. The van der Waals surface area contributed by atoms with Gasteiger partial charge in [-0.2, -0.15) is 0 Å². The molecular formula is C16H18N2O3. The molecule has 1 aliphatic rings. The summed E-state index contributed by atoms with van der Waals surface area (Å²) in [6.07, 6.45) is 1.03. The van der Waals surface area contributed by atoms with Gasteiger partial charge < -0.3 is 15.1 Å². The number of pyridine rings is 1. The molecule has 2 heterocycles. The van der Waals surface area contributed by atoms with E-state index in [9.17, 15) is 15.0 Å². The number of benzene rings is 1. The molecule has 5 heteroatoms. The first-order chi connectivity index (χ1) is 10.1. The molecule has 2 atom stereocenters. The van der Waals surface area contributed by atoms with Gasteiger partial charge in [-0.3, -0.25) is 0 Å². The van der Waals surface area contributed by atoms with Crippen LogP contribution < -0.4 is 4.90 Å². The van der Waals surface area contributed by atoms with Gasteiger partial charge in [0.15, 0.2) is 0 Å². The van der Waals surface area contributed by atoms with Crippen LogP contribution in [0.5, 0.6) is 0 Å². The Morgan fingerprint density at radius 3 is 2.90 bits per heavy atom. The molecule has 2 aromatic rings. The molecule has 110 valence electrons.